The van der Waals surface area contributed by atoms with Crippen molar-refractivity contribution in [2.24, 2.45) is 5.92 Å². The summed E-state index contributed by atoms with van der Waals surface area (Å²) in [5.41, 5.74) is 4.46. The van der Waals surface area contributed by atoms with E-state index in [1.807, 2.05) is 18.9 Å². The first-order valence-electron chi connectivity index (χ1n) is 8.97. The first-order valence-corrected chi connectivity index (χ1v) is 8.97. The summed E-state index contributed by atoms with van der Waals surface area (Å²) in [6.07, 6.45) is 2.80. The van der Waals surface area contributed by atoms with Crippen molar-refractivity contribution >= 4 is 11.6 Å². The number of anilines is 1. The molecule has 3 rings (SSSR count). The lowest BCUT2D eigenvalue weighted by Crippen LogP contribution is -2.43. The molecule has 1 saturated heterocycles. The second-order valence-corrected chi connectivity index (χ2v) is 6.77. The Bertz CT molecular complexity index is 742. The van der Waals surface area contributed by atoms with Crippen molar-refractivity contribution in [3.05, 3.63) is 47.4 Å². The Hall–Kier alpha value is -2.25. The Kier molecular flexibility index (Phi) is 6.00. The Labute approximate surface area is 152 Å². The van der Waals surface area contributed by atoms with E-state index in [-0.39, 0.29) is 18.1 Å². The third-order valence-electron chi connectivity index (χ3n) is 4.66. The van der Waals surface area contributed by atoms with Gasteiger partial charge < -0.3 is 9.73 Å². The van der Waals surface area contributed by atoms with Crippen LogP contribution in [0.5, 0.6) is 0 Å². The number of nitrogens with zero attached hydrogens (tertiary/aromatic N) is 2. The topological polar surface area (TPSA) is 70.4 Å². The van der Waals surface area contributed by atoms with Crippen molar-refractivity contribution in [2.45, 2.75) is 33.1 Å². The van der Waals surface area contributed by atoms with Crippen molar-refractivity contribution in [3.8, 4) is 0 Å². The fourth-order valence-electron chi connectivity index (χ4n) is 3.12. The van der Waals surface area contributed by atoms with Gasteiger partial charge in [0, 0.05) is 19.5 Å². The van der Waals surface area contributed by atoms with E-state index < -0.39 is 5.82 Å². The minimum atomic E-state index is -0.429. The van der Waals surface area contributed by atoms with Crippen LogP contribution in [0.15, 0.2) is 28.7 Å². The molecule has 26 heavy (non-hydrogen) atoms. The van der Waals surface area contributed by atoms with Crippen molar-refractivity contribution in [2.75, 3.05) is 25.0 Å². The molecule has 0 spiro atoms. The highest BCUT2D eigenvalue weighted by Crippen LogP contribution is 2.18. The minimum absolute atomic E-state index is 0.179. The van der Waals surface area contributed by atoms with E-state index in [1.54, 1.807) is 18.2 Å². The number of hydrogen-bond donors (Lipinski definition) is 2. The SMILES string of the molecule is Cc1nc(CC2CCCN(CC(=O)Nc3ccccc3F)NC2)oc1C. The molecule has 0 radical (unpaired) electrons. The molecule has 2 aromatic rings. The predicted molar refractivity (Wildman–Crippen MR) is 97.0 cm³/mol. The van der Waals surface area contributed by atoms with Crippen LogP contribution in [0.25, 0.3) is 0 Å². The fraction of sp³-hybridized carbons (Fsp3) is 0.474. The maximum absolute atomic E-state index is 13.6. The van der Waals surface area contributed by atoms with E-state index in [9.17, 15) is 9.18 Å². The number of rotatable bonds is 5. The van der Waals surface area contributed by atoms with Crippen LogP contribution >= 0.6 is 0 Å². The van der Waals surface area contributed by atoms with Crippen molar-refractivity contribution in [3.63, 3.8) is 0 Å². The number of aromatic nitrogens is 1. The van der Waals surface area contributed by atoms with Gasteiger partial charge in [-0.05, 0) is 44.7 Å². The van der Waals surface area contributed by atoms with Gasteiger partial charge in [-0.15, -0.1) is 0 Å². The highest BCUT2D eigenvalue weighted by Gasteiger charge is 2.21. The van der Waals surface area contributed by atoms with E-state index in [4.69, 9.17) is 4.42 Å². The molecule has 0 aliphatic carbocycles. The summed E-state index contributed by atoms with van der Waals surface area (Å²) in [5.74, 6) is 1.39. The lowest BCUT2D eigenvalue weighted by molar-refractivity contribution is -0.118. The van der Waals surface area contributed by atoms with Gasteiger partial charge in [-0.3, -0.25) is 10.2 Å². The molecular formula is C19H25FN4O2. The zero-order valence-electron chi connectivity index (χ0n) is 15.2. The van der Waals surface area contributed by atoms with Gasteiger partial charge in [0.15, 0.2) is 5.89 Å². The molecule has 1 unspecified atom stereocenters. The number of aryl methyl sites for hydroxylation is 2. The molecular weight excluding hydrogens is 335 g/mol. The van der Waals surface area contributed by atoms with E-state index in [2.05, 4.69) is 15.7 Å². The third kappa shape index (κ3) is 4.89. The summed E-state index contributed by atoms with van der Waals surface area (Å²) in [4.78, 5) is 16.6. The van der Waals surface area contributed by atoms with Gasteiger partial charge in [-0.25, -0.2) is 14.4 Å². The minimum Gasteiger partial charge on any atom is -0.446 e. The molecule has 2 N–H and O–H groups in total. The normalized spacial score (nSPS) is 18.5. The molecule has 2 heterocycles. The lowest BCUT2D eigenvalue weighted by Gasteiger charge is -2.21. The van der Waals surface area contributed by atoms with Gasteiger partial charge in [0.1, 0.15) is 11.6 Å². The zero-order chi connectivity index (χ0) is 18.5. The molecule has 6 nitrogen and oxygen atoms in total. The first-order chi connectivity index (χ1) is 12.5. The quantitative estimate of drug-likeness (QED) is 0.858. The van der Waals surface area contributed by atoms with Crippen LogP contribution in [-0.4, -0.2) is 35.5 Å². The number of hydrazine groups is 1. The van der Waals surface area contributed by atoms with Gasteiger partial charge >= 0.3 is 0 Å². The van der Waals surface area contributed by atoms with E-state index in [0.717, 1.165) is 49.7 Å². The summed E-state index contributed by atoms with van der Waals surface area (Å²) in [6.45, 7) is 5.58. The first kappa shape index (κ1) is 18.5. The maximum atomic E-state index is 13.6. The van der Waals surface area contributed by atoms with Gasteiger partial charge in [-0.1, -0.05) is 12.1 Å². The lowest BCUT2D eigenvalue weighted by atomic mass is 10.0. The van der Waals surface area contributed by atoms with Gasteiger partial charge in [0.05, 0.1) is 17.9 Å². The molecule has 1 aliphatic rings. The van der Waals surface area contributed by atoms with Crippen molar-refractivity contribution in [1.29, 1.82) is 0 Å². The summed E-state index contributed by atoms with van der Waals surface area (Å²) in [7, 11) is 0. The number of benzene rings is 1. The zero-order valence-corrected chi connectivity index (χ0v) is 15.2. The number of amides is 1. The highest BCUT2D eigenvalue weighted by molar-refractivity contribution is 5.92. The van der Waals surface area contributed by atoms with E-state index in [0.29, 0.717) is 5.92 Å². The average Bonchev–Trinajstić information content (AvgIpc) is 2.78. The second-order valence-electron chi connectivity index (χ2n) is 6.77. The molecule has 1 atom stereocenters. The summed E-state index contributed by atoms with van der Waals surface area (Å²) in [5, 5.41) is 4.51. The summed E-state index contributed by atoms with van der Waals surface area (Å²) in [6, 6.07) is 6.17. The van der Waals surface area contributed by atoms with Crippen LogP contribution in [-0.2, 0) is 11.2 Å². The smallest absolute Gasteiger partial charge is 0.240 e. The number of hydrogen-bond acceptors (Lipinski definition) is 5. The van der Waals surface area contributed by atoms with Crippen LogP contribution in [0, 0.1) is 25.6 Å². The Balaban J connectivity index is 1.49. The Morgan fingerprint density at radius 3 is 2.96 bits per heavy atom. The molecule has 1 aromatic carbocycles. The Morgan fingerprint density at radius 1 is 1.42 bits per heavy atom. The largest absolute Gasteiger partial charge is 0.446 e. The van der Waals surface area contributed by atoms with Crippen LogP contribution in [0.3, 0.4) is 0 Å². The molecule has 1 aromatic heterocycles. The molecule has 7 heteroatoms. The van der Waals surface area contributed by atoms with Crippen LogP contribution in [0.2, 0.25) is 0 Å². The molecule has 140 valence electrons. The second kappa shape index (κ2) is 8.42. The number of nitrogens with one attached hydrogen (secondary N) is 2. The Morgan fingerprint density at radius 2 is 2.23 bits per heavy atom. The number of carbonyl (C=O) groups is 1. The average molecular weight is 360 g/mol. The molecule has 1 fully saturated rings. The summed E-state index contributed by atoms with van der Waals surface area (Å²) < 4.78 is 19.3. The number of para-hydroxylation sites is 1. The van der Waals surface area contributed by atoms with Crippen LogP contribution in [0.1, 0.15) is 30.2 Å². The third-order valence-corrected chi connectivity index (χ3v) is 4.66. The maximum Gasteiger partial charge on any atom is 0.240 e. The van der Waals surface area contributed by atoms with E-state index >= 15 is 0 Å². The van der Waals surface area contributed by atoms with Crippen LogP contribution in [0.4, 0.5) is 10.1 Å². The van der Waals surface area contributed by atoms with Gasteiger partial charge in [0.2, 0.25) is 5.91 Å². The van der Waals surface area contributed by atoms with Gasteiger partial charge in [0.25, 0.3) is 0 Å². The molecule has 1 aliphatic heterocycles. The number of oxazole rings is 1. The number of halogens is 1. The monoisotopic (exact) mass is 360 g/mol. The summed E-state index contributed by atoms with van der Waals surface area (Å²) >= 11 is 0. The van der Waals surface area contributed by atoms with Crippen LogP contribution < -0.4 is 10.7 Å². The predicted octanol–water partition coefficient (Wildman–Crippen LogP) is 2.83. The molecule has 0 bridgehead atoms. The standard InChI is InChI=1S/C19H25FN4O2/c1-13-14(2)26-19(22-13)10-15-6-5-9-24(21-11-15)12-18(25)23-17-8-4-3-7-16(17)20/h3-4,7-8,15,21H,5-6,9-12H2,1-2H3,(H,23,25). The van der Waals surface area contributed by atoms with Gasteiger partial charge in [-0.2, -0.15) is 0 Å². The highest BCUT2D eigenvalue weighted by atomic mass is 19.1. The number of carbonyl (C=O) groups excluding carboxylic acids is 1. The van der Waals surface area contributed by atoms with E-state index in [1.165, 1.54) is 6.07 Å². The fourth-order valence-corrected chi connectivity index (χ4v) is 3.12. The molecule has 0 saturated carbocycles. The van der Waals surface area contributed by atoms with Crippen molar-refractivity contribution < 1.29 is 13.6 Å². The van der Waals surface area contributed by atoms with Crippen molar-refractivity contribution in [1.82, 2.24) is 15.4 Å². The molecule has 1 amide bonds.